The molecule has 1 aliphatic carbocycles. The number of nitrogens with one attached hydrogen (secondary N) is 1. The summed E-state index contributed by atoms with van der Waals surface area (Å²) >= 11 is 1.61. The van der Waals surface area contributed by atoms with E-state index >= 15 is 0 Å². The van der Waals surface area contributed by atoms with Gasteiger partial charge in [0.1, 0.15) is 11.6 Å². The van der Waals surface area contributed by atoms with Gasteiger partial charge >= 0.3 is 0 Å². The van der Waals surface area contributed by atoms with Crippen LogP contribution in [-0.2, 0) is 4.79 Å². The van der Waals surface area contributed by atoms with Crippen LogP contribution in [0.5, 0.6) is 0 Å². The maximum Gasteiger partial charge on any atom is 0.262 e. The van der Waals surface area contributed by atoms with Crippen molar-refractivity contribution in [1.82, 2.24) is 10.3 Å². The number of unbranched alkanes of at least 4 members (excludes halogenated alkanes) is 1. The van der Waals surface area contributed by atoms with E-state index in [2.05, 4.69) is 17.2 Å². The summed E-state index contributed by atoms with van der Waals surface area (Å²) in [5, 5.41) is 14.8. The molecule has 1 saturated carbocycles. The van der Waals surface area contributed by atoms with Crippen molar-refractivity contribution in [3.8, 4) is 6.07 Å². The van der Waals surface area contributed by atoms with Crippen molar-refractivity contribution in [1.29, 1.82) is 5.26 Å². The Labute approximate surface area is 117 Å². The van der Waals surface area contributed by atoms with E-state index in [1.165, 1.54) is 12.8 Å². The van der Waals surface area contributed by atoms with Gasteiger partial charge in [0.05, 0.1) is 10.7 Å². The first kappa shape index (κ1) is 13.8. The smallest absolute Gasteiger partial charge is 0.262 e. The Hall–Kier alpha value is -1.67. The number of nitriles is 1. The van der Waals surface area contributed by atoms with E-state index in [9.17, 15) is 4.79 Å². The van der Waals surface area contributed by atoms with Gasteiger partial charge in [0.25, 0.3) is 5.91 Å². The highest BCUT2D eigenvalue weighted by atomic mass is 32.1. The molecular weight excluding hydrogens is 258 g/mol. The molecular formula is C14H17N3OS. The molecule has 0 saturated heterocycles. The summed E-state index contributed by atoms with van der Waals surface area (Å²) in [6, 6.07) is 1.95. The van der Waals surface area contributed by atoms with E-state index in [4.69, 9.17) is 5.26 Å². The number of carbonyl (C=O) groups is 1. The molecule has 1 aliphatic rings. The SMILES string of the molecule is CCCCNC(=O)C(C#N)=Cc1csc(C2CC2)n1. The summed E-state index contributed by atoms with van der Waals surface area (Å²) < 4.78 is 0. The number of thiazole rings is 1. The molecule has 1 aromatic rings. The Morgan fingerprint density at radius 1 is 1.68 bits per heavy atom. The van der Waals surface area contributed by atoms with Crippen molar-refractivity contribution < 1.29 is 4.79 Å². The lowest BCUT2D eigenvalue weighted by Crippen LogP contribution is -2.25. The second-order valence-electron chi connectivity index (χ2n) is 4.66. The Bertz CT molecular complexity index is 523. The average molecular weight is 275 g/mol. The average Bonchev–Trinajstić information content (AvgIpc) is 3.16. The first-order chi connectivity index (χ1) is 9.24. The second kappa shape index (κ2) is 6.48. The zero-order valence-corrected chi connectivity index (χ0v) is 11.8. The Kier molecular flexibility index (Phi) is 4.69. The lowest BCUT2D eigenvalue weighted by molar-refractivity contribution is -0.117. The van der Waals surface area contributed by atoms with Crippen LogP contribution in [-0.4, -0.2) is 17.4 Å². The fourth-order valence-corrected chi connectivity index (χ4v) is 2.60. The molecule has 0 atom stereocenters. The normalized spacial score (nSPS) is 15.1. The maximum absolute atomic E-state index is 11.8. The lowest BCUT2D eigenvalue weighted by atomic mass is 10.2. The molecule has 0 aromatic carbocycles. The van der Waals surface area contributed by atoms with Gasteiger partial charge in [-0.2, -0.15) is 5.26 Å². The number of rotatable bonds is 6. The molecule has 5 heteroatoms. The zero-order chi connectivity index (χ0) is 13.7. The van der Waals surface area contributed by atoms with Crippen LogP contribution in [0.3, 0.4) is 0 Å². The lowest BCUT2D eigenvalue weighted by Gasteiger charge is -2.01. The molecule has 0 spiro atoms. The van der Waals surface area contributed by atoms with Crippen LogP contribution in [0.4, 0.5) is 0 Å². The van der Waals surface area contributed by atoms with Crippen molar-refractivity contribution in [2.45, 2.75) is 38.5 Å². The summed E-state index contributed by atoms with van der Waals surface area (Å²) in [5.41, 5.74) is 0.845. The van der Waals surface area contributed by atoms with Crippen LogP contribution in [0, 0.1) is 11.3 Å². The first-order valence-corrected chi connectivity index (χ1v) is 7.48. The van der Waals surface area contributed by atoms with Gasteiger partial charge in [0.2, 0.25) is 0 Å². The van der Waals surface area contributed by atoms with Gasteiger partial charge in [-0.25, -0.2) is 4.98 Å². The zero-order valence-electron chi connectivity index (χ0n) is 11.0. The summed E-state index contributed by atoms with van der Waals surface area (Å²) in [6.07, 6.45) is 5.93. The minimum absolute atomic E-state index is 0.128. The van der Waals surface area contributed by atoms with Crippen molar-refractivity contribution in [3.05, 3.63) is 21.7 Å². The number of amides is 1. The monoisotopic (exact) mass is 275 g/mol. The second-order valence-corrected chi connectivity index (χ2v) is 5.55. The molecule has 0 radical (unpaired) electrons. The van der Waals surface area contributed by atoms with E-state index in [1.54, 1.807) is 17.4 Å². The molecule has 19 heavy (non-hydrogen) atoms. The Morgan fingerprint density at radius 2 is 2.47 bits per heavy atom. The highest BCUT2D eigenvalue weighted by Gasteiger charge is 2.26. The number of nitrogens with zero attached hydrogens (tertiary/aromatic N) is 2. The summed E-state index contributed by atoms with van der Waals surface area (Å²) in [4.78, 5) is 16.2. The van der Waals surface area contributed by atoms with Gasteiger partial charge in [0, 0.05) is 17.8 Å². The van der Waals surface area contributed by atoms with Crippen LogP contribution in [0.2, 0.25) is 0 Å². The van der Waals surface area contributed by atoms with Gasteiger partial charge in [-0.1, -0.05) is 13.3 Å². The van der Waals surface area contributed by atoms with Gasteiger partial charge in [0.15, 0.2) is 0 Å². The first-order valence-electron chi connectivity index (χ1n) is 6.60. The predicted molar refractivity (Wildman–Crippen MR) is 75.6 cm³/mol. The van der Waals surface area contributed by atoms with E-state index in [1.807, 2.05) is 11.4 Å². The van der Waals surface area contributed by atoms with Gasteiger partial charge in [-0.05, 0) is 25.3 Å². The summed E-state index contributed by atoms with van der Waals surface area (Å²) in [5.74, 6) is 0.299. The van der Waals surface area contributed by atoms with Crippen LogP contribution >= 0.6 is 11.3 Å². The van der Waals surface area contributed by atoms with E-state index in [0.717, 1.165) is 17.8 Å². The van der Waals surface area contributed by atoms with Gasteiger partial charge < -0.3 is 5.32 Å². The Balaban J connectivity index is 2.00. The third-order valence-corrected chi connectivity index (χ3v) is 3.96. The molecule has 1 N–H and O–H groups in total. The molecule has 0 aliphatic heterocycles. The van der Waals surface area contributed by atoms with Crippen molar-refractivity contribution in [3.63, 3.8) is 0 Å². The number of carbonyl (C=O) groups excluding carboxylic acids is 1. The number of aromatic nitrogens is 1. The fourth-order valence-electron chi connectivity index (χ4n) is 1.66. The topological polar surface area (TPSA) is 65.8 Å². The van der Waals surface area contributed by atoms with E-state index < -0.39 is 0 Å². The van der Waals surface area contributed by atoms with Gasteiger partial charge in [-0.15, -0.1) is 11.3 Å². The van der Waals surface area contributed by atoms with Crippen molar-refractivity contribution in [2.75, 3.05) is 6.54 Å². The van der Waals surface area contributed by atoms with Crippen LogP contribution in [0.25, 0.3) is 6.08 Å². The third kappa shape index (κ3) is 3.90. The molecule has 1 fully saturated rings. The standard InChI is InChI=1S/C14H17N3OS/c1-2-3-6-16-13(18)11(8-15)7-12-9-19-14(17-12)10-4-5-10/h7,9-10H,2-6H2,1H3,(H,16,18). The third-order valence-electron chi connectivity index (χ3n) is 2.94. The molecule has 1 heterocycles. The summed E-state index contributed by atoms with van der Waals surface area (Å²) in [6.45, 7) is 2.67. The van der Waals surface area contributed by atoms with E-state index in [0.29, 0.717) is 18.2 Å². The molecule has 0 bridgehead atoms. The molecule has 4 nitrogen and oxygen atoms in total. The highest BCUT2D eigenvalue weighted by molar-refractivity contribution is 7.09. The molecule has 0 unspecified atom stereocenters. The minimum Gasteiger partial charge on any atom is -0.351 e. The largest absolute Gasteiger partial charge is 0.351 e. The highest BCUT2D eigenvalue weighted by Crippen LogP contribution is 2.41. The fraction of sp³-hybridized carbons (Fsp3) is 0.500. The minimum atomic E-state index is -0.308. The quantitative estimate of drug-likeness (QED) is 0.493. The van der Waals surface area contributed by atoms with Crippen LogP contribution in [0.1, 0.15) is 49.2 Å². The number of hydrogen-bond donors (Lipinski definition) is 1. The maximum atomic E-state index is 11.8. The van der Waals surface area contributed by atoms with Crippen molar-refractivity contribution in [2.24, 2.45) is 0 Å². The summed E-state index contributed by atoms with van der Waals surface area (Å²) in [7, 11) is 0. The van der Waals surface area contributed by atoms with Crippen molar-refractivity contribution >= 4 is 23.3 Å². The predicted octanol–water partition coefficient (Wildman–Crippen LogP) is 2.84. The van der Waals surface area contributed by atoms with E-state index in [-0.39, 0.29) is 11.5 Å². The molecule has 1 amide bonds. The Morgan fingerprint density at radius 3 is 3.11 bits per heavy atom. The molecule has 1 aromatic heterocycles. The molecule has 2 rings (SSSR count). The van der Waals surface area contributed by atoms with Gasteiger partial charge in [-0.3, -0.25) is 4.79 Å². The molecule has 100 valence electrons. The number of hydrogen-bond acceptors (Lipinski definition) is 4. The van der Waals surface area contributed by atoms with Crippen LogP contribution in [0.15, 0.2) is 11.0 Å². The van der Waals surface area contributed by atoms with Crippen LogP contribution < -0.4 is 5.32 Å².